The van der Waals surface area contributed by atoms with Gasteiger partial charge in [-0.3, -0.25) is 4.90 Å². The lowest BCUT2D eigenvalue weighted by molar-refractivity contribution is 0.200. The van der Waals surface area contributed by atoms with E-state index < -0.39 is 0 Å². The molecule has 0 bridgehead atoms. The summed E-state index contributed by atoms with van der Waals surface area (Å²) in [5.74, 6) is 0. The molecule has 94 valence electrons. The van der Waals surface area contributed by atoms with Crippen molar-refractivity contribution in [1.29, 1.82) is 0 Å². The van der Waals surface area contributed by atoms with Gasteiger partial charge in [-0.05, 0) is 17.0 Å². The van der Waals surface area contributed by atoms with Gasteiger partial charge in [0.1, 0.15) is 0 Å². The highest BCUT2D eigenvalue weighted by atomic mass is 32.1. The minimum absolute atomic E-state index is 0.424. The monoisotopic (exact) mass is 258 g/mol. The van der Waals surface area contributed by atoms with Crippen molar-refractivity contribution in [1.82, 2.24) is 10.2 Å². The molecule has 0 saturated carbocycles. The highest BCUT2D eigenvalue weighted by Gasteiger charge is 2.24. The van der Waals surface area contributed by atoms with E-state index in [2.05, 4.69) is 58.1 Å². The summed E-state index contributed by atoms with van der Waals surface area (Å²) in [5, 5.41) is 5.60. The first-order valence-electron chi connectivity index (χ1n) is 6.48. The number of piperazine rings is 1. The van der Waals surface area contributed by atoms with Crippen LogP contribution in [0.1, 0.15) is 16.5 Å². The second-order valence-electron chi connectivity index (χ2n) is 4.61. The van der Waals surface area contributed by atoms with Crippen LogP contribution in [0.2, 0.25) is 0 Å². The summed E-state index contributed by atoms with van der Waals surface area (Å²) >= 11 is 1.86. The summed E-state index contributed by atoms with van der Waals surface area (Å²) in [6, 6.07) is 15.7. The Kier molecular flexibility index (Phi) is 3.74. The minimum Gasteiger partial charge on any atom is -0.314 e. The topological polar surface area (TPSA) is 15.3 Å². The van der Waals surface area contributed by atoms with E-state index in [1.165, 1.54) is 10.4 Å². The van der Waals surface area contributed by atoms with E-state index in [1.54, 1.807) is 0 Å². The second-order valence-corrected chi connectivity index (χ2v) is 5.59. The molecular formula is C15H18N2S. The zero-order chi connectivity index (χ0) is 12.2. The van der Waals surface area contributed by atoms with Crippen molar-refractivity contribution in [2.75, 3.05) is 26.2 Å². The Morgan fingerprint density at radius 2 is 1.78 bits per heavy atom. The van der Waals surface area contributed by atoms with Crippen molar-refractivity contribution in [3.8, 4) is 0 Å². The van der Waals surface area contributed by atoms with Crippen LogP contribution < -0.4 is 5.32 Å². The lowest BCUT2D eigenvalue weighted by Gasteiger charge is -2.34. The van der Waals surface area contributed by atoms with Gasteiger partial charge in [0.15, 0.2) is 0 Å². The Bertz CT molecular complexity index is 461. The highest BCUT2D eigenvalue weighted by Crippen LogP contribution is 2.31. The Balaban J connectivity index is 1.93. The average Bonchev–Trinajstić information content (AvgIpc) is 2.95. The van der Waals surface area contributed by atoms with Crippen LogP contribution in [-0.2, 0) is 0 Å². The van der Waals surface area contributed by atoms with Crippen LogP contribution in [0.3, 0.4) is 0 Å². The molecule has 1 aliphatic heterocycles. The number of thiophene rings is 1. The molecule has 0 spiro atoms. The van der Waals surface area contributed by atoms with Crippen molar-refractivity contribution in [3.63, 3.8) is 0 Å². The molecule has 1 atom stereocenters. The molecule has 0 radical (unpaired) electrons. The number of benzene rings is 1. The van der Waals surface area contributed by atoms with Crippen molar-refractivity contribution in [2.45, 2.75) is 6.04 Å². The van der Waals surface area contributed by atoms with E-state index in [0.29, 0.717) is 6.04 Å². The molecule has 1 saturated heterocycles. The molecule has 1 aromatic carbocycles. The molecule has 3 heteroatoms. The number of hydrogen-bond donors (Lipinski definition) is 1. The molecule has 2 aromatic rings. The third-order valence-electron chi connectivity index (χ3n) is 3.44. The summed E-state index contributed by atoms with van der Waals surface area (Å²) in [7, 11) is 0. The van der Waals surface area contributed by atoms with Crippen LogP contribution >= 0.6 is 11.3 Å². The zero-order valence-electron chi connectivity index (χ0n) is 10.4. The number of rotatable bonds is 3. The van der Waals surface area contributed by atoms with E-state index in [1.807, 2.05) is 11.3 Å². The lowest BCUT2D eigenvalue weighted by atomic mass is 10.0. The predicted molar refractivity (Wildman–Crippen MR) is 77.0 cm³/mol. The van der Waals surface area contributed by atoms with Crippen LogP contribution in [0.15, 0.2) is 47.8 Å². The fourth-order valence-electron chi connectivity index (χ4n) is 2.58. The first-order chi connectivity index (χ1) is 8.95. The highest BCUT2D eigenvalue weighted by molar-refractivity contribution is 7.10. The summed E-state index contributed by atoms with van der Waals surface area (Å²) in [6.45, 7) is 4.43. The van der Waals surface area contributed by atoms with Crippen LogP contribution in [0.4, 0.5) is 0 Å². The van der Waals surface area contributed by atoms with Gasteiger partial charge in [-0.1, -0.05) is 36.4 Å². The molecule has 2 nitrogen and oxygen atoms in total. The van der Waals surface area contributed by atoms with Gasteiger partial charge in [0, 0.05) is 31.1 Å². The Morgan fingerprint density at radius 3 is 2.44 bits per heavy atom. The average molecular weight is 258 g/mol. The van der Waals surface area contributed by atoms with Crippen LogP contribution in [0, 0.1) is 0 Å². The van der Waals surface area contributed by atoms with Gasteiger partial charge in [-0.15, -0.1) is 11.3 Å². The van der Waals surface area contributed by atoms with Crippen molar-refractivity contribution in [2.24, 2.45) is 0 Å². The third-order valence-corrected chi connectivity index (χ3v) is 4.37. The van der Waals surface area contributed by atoms with E-state index in [9.17, 15) is 0 Å². The number of nitrogens with zero attached hydrogens (tertiary/aromatic N) is 1. The third kappa shape index (κ3) is 2.48. The quantitative estimate of drug-likeness (QED) is 0.910. The first kappa shape index (κ1) is 11.9. The predicted octanol–water partition coefficient (Wildman–Crippen LogP) is 2.74. The maximum atomic E-state index is 3.43. The summed E-state index contributed by atoms with van der Waals surface area (Å²) in [4.78, 5) is 4.03. The zero-order valence-corrected chi connectivity index (χ0v) is 11.2. The van der Waals surface area contributed by atoms with Crippen molar-refractivity contribution < 1.29 is 0 Å². The molecule has 0 amide bonds. The Morgan fingerprint density at radius 1 is 1.00 bits per heavy atom. The fraction of sp³-hybridized carbons (Fsp3) is 0.333. The molecular weight excluding hydrogens is 240 g/mol. The van der Waals surface area contributed by atoms with Gasteiger partial charge in [0.05, 0.1) is 6.04 Å². The van der Waals surface area contributed by atoms with Gasteiger partial charge in [-0.25, -0.2) is 0 Å². The molecule has 3 rings (SSSR count). The summed E-state index contributed by atoms with van der Waals surface area (Å²) in [6.07, 6.45) is 0. The Labute approximate surface area is 112 Å². The van der Waals surface area contributed by atoms with E-state index in [-0.39, 0.29) is 0 Å². The van der Waals surface area contributed by atoms with Gasteiger partial charge < -0.3 is 5.32 Å². The molecule has 1 fully saturated rings. The lowest BCUT2D eigenvalue weighted by Crippen LogP contribution is -2.45. The minimum atomic E-state index is 0.424. The van der Waals surface area contributed by atoms with Gasteiger partial charge in [-0.2, -0.15) is 0 Å². The molecule has 0 aliphatic carbocycles. The van der Waals surface area contributed by atoms with Crippen LogP contribution in [0.25, 0.3) is 0 Å². The largest absolute Gasteiger partial charge is 0.314 e. The Hall–Kier alpha value is -1.16. The SMILES string of the molecule is c1ccc([C@H](c2cccs2)N2CCNCC2)cc1. The van der Waals surface area contributed by atoms with Crippen molar-refractivity contribution in [3.05, 3.63) is 58.3 Å². The number of nitrogens with one attached hydrogen (secondary N) is 1. The summed E-state index contributed by atoms with van der Waals surface area (Å²) < 4.78 is 0. The fourth-order valence-corrected chi connectivity index (χ4v) is 3.46. The van der Waals surface area contributed by atoms with E-state index in [0.717, 1.165) is 26.2 Å². The van der Waals surface area contributed by atoms with Crippen LogP contribution in [0.5, 0.6) is 0 Å². The standard InChI is InChI=1S/C15H18N2S/c1-2-5-13(6-3-1)15(14-7-4-12-18-14)17-10-8-16-9-11-17/h1-7,12,15-16H,8-11H2/t15-/m1/s1. The molecule has 2 heterocycles. The van der Waals surface area contributed by atoms with E-state index in [4.69, 9.17) is 0 Å². The van der Waals surface area contributed by atoms with E-state index >= 15 is 0 Å². The van der Waals surface area contributed by atoms with Crippen LogP contribution in [-0.4, -0.2) is 31.1 Å². The molecule has 1 N–H and O–H groups in total. The van der Waals surface area contributed by atoms with Gasteiger partial charge in [0.25, 0.3) is 0 Å². The molecule has 1 aromatic heterocycles. The first-order valence-corrected chi connectivity index (χ1v) is 7.36. The number of hydrogen-bond acceptors (Lipinski definition) is 3. The second kappa shape index (κ2) is 5.65. The molecule has 0 unspecified atom stereocenters. The maximum absolute atomic E-state index is 3.43. The molecule has 18 heavy (non-hydrogen) atoms. The molecule has 1 aliphatic rings. The van der Waals surface area contributed by atoms with Gasteiger partial charge >= 0.3 is 0 Å². The maximum Gasteiger partial charge on any atom is 0.0696 e. The normalized spacial score (nSPS) is 18.7. The summed E-state index contributed by atoms with van der Waals surface area (Å²) in [5.41, 5.74) is 1.40. The van der Waals surface area contributed by atoms with Crippen molar-refractivity contribution >= 4 is 11.3 Å². The smallest absolute Gasteiger partial charge is 0.0696 e. The van der Waals surface area contributed by atoms with Gasteiger partial charge in [0.2, 0.25) is 0 Å².